The SMILES string of the molecule is Cn1ccnc1CNCc1cccs1. The van der Waals surface area contributed by atoms with Crippen LogP contribution in [0.4, 0.5) is 0 Å². The molecular formula is C10H13N3S. The summed E-state index contributed by atoms with van der Waals surface area (Å²) in [6.07, 6.45) is 3.78. The lowest BCUT2D eigenvalue weighted by Gasteiger charge is -2.02. The molecule has 2 heterocycles. The molecule has 0 saturated heterocycles. The fourth-order valence-electron chi connectivity index (χ4n) is 1.28. The third kappa shape index (κ3) is 2.21. The van der Waals surface area contributed by atoms with Crippen LogP contribution in [0, 0.1) is 0 Å². The summed E-state index contributed by atoms with van der Waals surface area (Å²) in [7, 11) is 2.01. The fraction of sp³-hybridized carbons (Fsp3) is 0.300. The number of aromatic nitrogens is 2. The van der Waals surface area contributed by atoms with Crippen LogP contribution in [0.1, 0.15) is 10.7 Å². The third-order valence-electron chi connectivity index (χ3n) is 2.08. The minimum Gasteiger partial charge on any atom is -0.337 e. The number of nitrogens with zero attached hydrogens (tertiary/aromatic N) is 2. The molecule has 0 saturated carbocycles. The summed E-state index contributed by atoms with van der Waals surface area (Å²) in [5, 5.41) is 5.45. The highest BCUT2D eigenvalue weighted by atomic mass is 32.1. The predicted octanol–water partition coefficient (Wildman–Crippen LogP) is 1.77. The van der Waals surface area contributed by atoms with Crippen LogP contribution in [-0.4, -0.2) is 9.55 Å². The Balaban J connectivity index is 1.81. The van der Waals surface area contributed by atoms with E-state index in [-0.39, 0.29) is 0 Å². The summed E-state index contributed by atoms with van der Waals surface area (Å²) in [6, 6.07) is 4.21. The standard InChI is InChI=1S/C10H13N3S/c1-13-5-4-12-10(13)8-11-7-9-3-2-6-14-9/h2-6,11H,7-8H2,1H3. The van der Waals surface area contributed by atoms with Gasteiger partial charge in [-0.05, 0) is 11.4 Å². The first kappa shape index (κ1) is 9.43. The Bertz CT molecular complexity index is 378. The Labute approximate surface area is 87.4 Å². The van der Waals surface area contributed by atoms with Crippen molar-refractivity contribution in [3.63, 3.8) is 0 Å². The molecule has 0 unspecified atom stereocenters. The van der Waals surface area contributed by atoms with Gasteiger partial charge < -0.3 is 9.88 Å². The first-order valence-electron chi connectivity index (χ1n) is 4.55. The van der Waals surface area contributed by atoms with Gasteiger partial charge in [0.05, 0.1) is 6.54 Å². The molecule has 0 aliphatic carbocycles. The van der Waals surface area contributed by atoms with E-state index >= 15 is 0 Å². The van der Waals surface area contributed by atoms with Gasteiger partial charge >= 0.3 is 0 Å². The number of hydrogen-bond acceptors (Lipinski definition) is 3. The minimum absolute atomic E-state index is 0.821. The molecular weight excluding hydrogens is 194 g/mol. The Morgan fingerprint density at radius 1 is 1.50 bits per heavy atom. The van der Waals surface area contributed by atoms with Crippen molar-refractivity contribution in [1.29, 1.82) is 0 Å². The van der Waals surface area contributed by atoms with Gasteiger partial charge in [-0.25, -0.2) is 4.98 Å². The van der Waals surface area contributed by atoms with Crippen LogP contribution in [0.5, 0.6) is 0 Å². The molecule has 0 spiro atoms. The predicted molar refractivity (Wildman–Crippen MR) is 58.1 cm³/mol. The van der Waals surface area contributed by atoms with Crippen molar-refractivity contribution >= 4 is 11.3 Å². The molecule has 2 aromatic rings. The smallest absolute Gasteiger partial charge is 0.122 e. The summed E-state index contributed by atoms with van der Waals surface area (Å²) >= 11 is 1.77. The number of hydrogen-bond donors (Lipinski definition) is 1. The minimum atomic E-state index is 0.821. The molecule has 0 aliphatic rings. The average molecular weight is 207 g/mol. The van der Waals surface area contributed by atoms with Crippen LogP contribution >= 0.6 is 11.3 Å². The number of imidazole rings is 1. The van der Waals surface area contributed by atoms with Gasteiger partial charge in [0, 0.05) is 30.9 Å². The Morgan fingerprint density at radius 3 is 3.07 bits per heavy atom. The number of thiophene rings is 1. The molecule has 0 radical (unpaired) electrons. The van der Waals surface area contributed by atoms with E-state index in [2.05, 4.69) is 27.8 Å². The second kappa shape index (κ2) is 4.39. The van der Waals surface area contributed by atoms with Crippen LogP contribution < -0.4 is 5.32 Å². The second-order valence-electron chi connectivity index (χ2n) is 3.14. The van der Waals surface area contributed by atoms with Crippen molar-refractivity contribution in [1.82, 2.24) is 14.9 Å². The Hall–Kier alpha value is -1.13. The van der Waals surface area contributed by atoms with Crippen LogP contribution in [-0.2, 0) is 20.1 Å². The monoisotopic (exact) mass is 207 g/mol. The van der Waals surface area contributed by atoms with Crippen molar-refractivity contribution in [3.05, 3.63) is 40.6 Å². The zero-order valence-corrected chi connectivity index (χ0v) is 8.92. The topological polar surface area (TPSA) is 29.9 Å². The molecule has 2 rings (SSSR count). The van der Waals surface area contributed by atoms with Gasteiger partial charge in [0.25, 0.3) is 0 Å². The summed E-state index contributed by atoms with van der Waals surface area (Å²) in [6.45, 7) is 1.74. The first-order valence-corrected chi connectivity index (χ1v) is 5.43. The lowest BCUT2D eigenvalue weighted by atomic mass is 10.4. The fourth-order valence-corrected chi connectivity index (χ4v) is 1.95. The van der Waals surface area contributed by atoms with Crippen molar-refractivity contribution in [2.45, 2.75) is 13.1 Å². The largest absolute Gasteiger partial charge is 0.337 e. The molecule has 0 fully saturated rings. The Kier molecular flexibility index (Phi) is 2.96. The molecule has 14 heavy (non-hydrogen) atoms. The van der Waals surface area contributed by atoms with Gasteiger partial charge in [0.2, 0.25) is 0 Å². The quantitative estimate of drug-likeness (QED) is 0.828. The highest BCUT2D eigenvalue weighted by Crippen LogP contribution is 2.07. The maximum atomic E-state index is 4.24. The summed E-state index contributed by atoms with van der Waals surface area (Å²) in [5.74, 6) is 1.07. The molecule has 0 aliphatic heterocycles. The molecule has 0 aromatic carbocycles. The number of nitrogens with one attached hydrogen (secondary N) is 1. The lowest BCUT2D eigenvalue weighted by molar-refractivity contribution is 0.643. The number of aryl methyl sites for hydroxylation is 1. The number of rotatable bonds is 4. The maximum absolute atomic E-state index is 4.24. The average Bonchev–Trinajstić information content (AvgIpc) is 2.78. The molecule has 1 N–H and O–H groups in total. The molecule has 0 amide bonds. The van der Waals surface area contributed by atoms with Gasteiger partial charge in [0.1, 0.15) is 5.82 Å². The van der Waals surface area contributed by atoms with Crippen LogP contribution in [0.3, 0.4) is 0 Å². The summed E-state index contributed by atoms with van der Waals surface area (Å²) in [4.78, 5) is 5.60. The van der Waals surface area contributed by atoms with E-state index in [4.69, 9.17) is 0 Å². The Morgan fingerprint density at radius 2 is 2.43 bits per heavy atom. The zero-order valence-electron chi connectivity index (χ0n) is 8.10. The normalized spacial score (nSPS) is 10.6. The highest BCUT2D eigenvalue weighted by Gasteiger charge is 1.98. The van der Waals surface area contributed by atoms with Crippen molar-refractivity contribution in [2.24, 2.45) is 7.05 Å². The van der Waals surface area contributed by atoms with E-state index in [0.29, 0.717) is 0 Å². The maximum Gasteiger partial charge on any atom is 0.122 e. The van der Waals surface area contributed by atoms with Crippen molar-refractivity contribution < 1.29 is 0 Å². The van der Waals surface area contributed by atoms with Gasteiger partial charge in [-0.3, -0.25) is 0 Å². The van der Waals surface area contributed by atoms with E-state index in [1.165, 1.54) is 4.88 Å². The van der Waals surface area contributed by atoms with Gasteiger partial charge in [0.15, 0.2) is 0 Å². The van der Waals surface area contributed by atoms with E-state index in [1.54, 1.807) is 11.3 Å². The van der Waals surface area contributed by atoms with Gasteiger partial charge in [-0.2, -0.15) is 0 Å². The van der Waals surface area contributed by atoms with Crippen molar-refractivity contribution in [3.8, 4) is 0 Å². The molecule has 0 bridgehead atoms. The molecule has 0 atom stereocenters. The van der Waals surface area contributed by atoms with Gasteiger partial charge in [-0.1, -0.05) is 6.07 Å². The van der Waals surface area contributed by atoms with Crippen molar-refractivity contribution in [2.75, 3.05) is 0 Å². The lowest BCUT2D eigenvalue weighted by Crippen LogP contribution is -2.14. The van der Waals surface area contributed by atoms with Crippen LogP contribution in [0.25, 0.3) is 0 Å². The van der Waals surface area contributed by atoms with E-state index < -0.39 is 0 Å². The molecule has 4 heteroatoms. The second-order valence-corrected chi connectivity index (χ2v) is 4.17. The zero-order chi connectivity index (χ0) is 9.80. The third-order valence-corrected chi connectivity index (χ3v) is 2.96. The van der Waals surface area contributed by atoms with Crippen LogP contribution in [0.2, 0.25) is 0 Å². The molecule has 74 valence electrons. The van der Waals surface area contributed by atoms with E-state index in [1.807, 2.05) is 24.0 Å². The molecule has 2 aromatic heterocycles. The van der Waals surface area contributed by atoms with E-state index in [0.717, 1.165) is 18.9 Å². The first-order chi connectivity index (χ1) is 6.86. The summed E-state index contributed by atoms with van der Waals surface area (Å²) < 4.78 is 2.03. The van der Waals surface area contributed by atoms with Crippen LogP contribution in [0.15, 0.2) is 29.9 Å². The highest BCUT2D eigenvalue weighted by molar-refractivity contribution is 7.09. The van der Waals surface area contributed by atoms with Gasteiger partial charge in [-0.15, -0.1) is 11.3 Å². The summed E-state index contributed by atoms with van der Waals surface area (Å²) in [5.41, 5.74) is 0. The molecule has 3 nitrogen and oxygen atoms in total. The van der Waals surface area contributed by atoms with E-state index in [9.17, 15) is 0 Å².